The van der Waals surface area contributed by atoms with Crippen LogP contribution in [0.1, 0.15) is 10.5 Å². The zero-order valence-electron chi connectivity index (χ0n) is 8.82. The molecule has 0 aliphatic carbocycles. The van der Waals surface area contributed by atoms with E-state index in [0.29, 0.717) is 21.3 Å². The average Bonchev–Trinajstić information content (AvgIpc) is 2.33. The Hall–Kier alpha value is -1.29. The molecule has 1 heterocycles. The molecule has 0 atom stereocenters. The van der Waals surface area contributed by atoms with Crippen LogP contribution < -0.4 is 0 Å². The highest BCUT2D eigenvalue weighted by atomic mass is 35.5. The molecule has 6 heteroatoms. The summed E-state index contributed by atoms with van der Waals surface area (Å²) in [6, 6.07) is 8.11. The predicted molar refractivity (Wildman–Crippen MR) is 71.7 cm³/mol. The number of rotatable bonds is 2. The van der Waals surface area contributed by atoms with Crippen LogP contribution in [0.25, 0.3) is 11.3 Å². The van der Waals surface area contributed by atoms with Crippen LogP contribution in [0.4, 0.5) is 0 Å². The Labute approximate surface area is 118 Å². The maximum atomic E-state index is 11.0. The van der Waals surface area contributed by atoms with Crippen LogP contribution in [0.15, 0.2) is 30.3 Å². The largest absolute Gasteiger partial charge is 0.476 e. The fourth-order valence-electron chi connectivity index (χ4n) is 1.44. The zero-order chi connectivity index (χ0) is 13.3. The second-order valence-corrected chi connectivity index (χ2v) is 4.63. The fourth-order valence-corrected chi connectivity index (χ4v) is 2.03. The van der Waals surface area contributed by atoms with Crippen LogP contribution in [-0.4, -0.2) is 16.1 Å². The third-order valence-corrected chi connectivity index (χ3v) is 3.40. The van der Waals surface area contributed by atoms with Crippen molar-refractivity contribution < 1.29 is 9.90 Å². The molecule has 0 fully saturated rings. The van der Waals surface area contributed by atoms with Crippen LogP contribution >= 0.6 is 34.8 Å². The number of halogens is 3. The lowest BCUT2D eigenvalue weighted by Gasteiger charge is -2.06. The molecule has 0 saturated heterocycles. The summed E-state index contributed by atoms with van der Waals surface area (Å²) in [7, 11) is 0. The molecule has 2 rings (SSSR count). The number of hydrogen-bond acceptors (Lipinski definition) is 2. The van der Waals surface area contributed by atoms with Crippen molar-refractivity contribution >= 4 is 40.8 Å². The lowest BCUT2D eigenvalue weighted by Crippen LogP contribution is -2.02. The van der Waals surface area contributed by atoms with Gasteiger partial charge in [-0.25, -0.2) is 9.78 Å². The van der Waals surface area contributed by atoms with E-state index in [-0.39, 0.29) is 10.7 Å². The summed E-state index contributed by atoms with van der Waals surface area (Å²) in [5, 5.41) is 9.73. The van der Waals surface area contributed by atoms with Crippen LogP contribution in [0.3, 0.4) is 0 Å². The highest BCUT2D eigenvalue weighted by Gasteiger charge is 2.14. The molecule has 1 aromatic carbocycles. The van der Waals surface area contributed by atoms with Gasteiger partial charge in [-0.15, -0.1) is 0 Å². The van der Waals surface area contributed by atoms with E-state index in [1.807, 2.05) is 0 Å². The molecule has 0 saturated carbocycles. The summed E-state index contributed by atoms with van der Waals surface area (Å²) in [6.45, 7) is 0. The summed E-state index contributed by atoms with van der Waals surface area (Å²) >= 11 is 17.7. The van der Waals surface area contributed by atoms with E-state index in [2.05, 4.69) is 4.98 Å². The van der Waals surface area contributed by atoms with Crippen LogP contribution in [-0.2, 0) is 0 Å². The molecular weight excluding hydrogens is 296 g/mol. The smallest absolute Gasteiger partial charge is 0.356 e. The Morgan fingerprint density at radius 3 is 2.44 bits per heavy atom. The number of hydrogen-bond donors (Lipinski definition) is 1. The summed E-state index contributed by atoms with van der Waals surface area (Å²) < 4.78 is 0. The number of benzene rings is 1. The topological polar surface area (TPSA) is 50.2 Å². The van der Waals surface area contributed by atoms with E-state index < -0.39 is 5.97 Å². The highest BCUT2D eigenvalue weighted by molar-refractivity contribution is 6.43. The van der Waals surface area contributed by atoms with E-state index >= 15 is 0 Å². The maximum absolute atomic E-state index is 11.0. The van der Waals surface area contributed by atoms with E-state index in [1.54, 1.807) is 24.3 Å². The van der Waals surface area contributed by atoms with E-state index in [4.69, 9.17) is 39.9 Å². The Balaban J connectivity index is 2.62. The van der Waals surface area contributed by atoms with Gasteiger partial charge in [-0.3, -0.25) is 0 Å². The van der Waals surface area contributed by atoms with Crippen molar-refractivity contribution in [3.63, 3.8) is 0 Å². The first-order valence-corrected chi connectivity index (χ1v) is 5.98. The number of nitrogens with zero attached hydrogens (tertiary/aromatic N) is 1. The van der Waals surface area contributed by atoms with Crippen molar-refractivity contribution in [2.45, 2.75) is 0 Å². The lowest BCUT2D eigenvalue weighted by molar-refractivity contribution is 0.0691. The quantitative estimate of drug-likeness (QED) is 0.894. The molecule has 0 bridgehead atoms. The Kier molecular flexibility index (Phi) is 3.76. The zero-order valence-corrected chi connectivity index (χ0v) is 11.1. The number of aromatic carboxylic acids is 1. The summed E-state index contributed by atoms with van der Waals surface area (Å²) in [6.07, 6.45) is 0. The van der Waals surface area contributed by atoms with Gasteiger partial charge in [0, 0.05) is 5.56 Å². The Bertz CT molecular complexity index is 629. The SMILES string of the molecule is O=C(O)c1nc(-c2cccc(Cl)c2Cl)ccc1Cl. The summed E-state index contributed by atoms with van der Waals surface area (Å²) in [5.74, 6) is -1.19. The third kappa shape index (κ3) is 2.43. The Morgan fingerprint density at radius 2 is 1.78 bits per heavy atom. The van der Waals surface area contributed by atoms with Gasteiger partial charge in [0.25, 0.3) is 0 Å². The first-order valence-electron chi connectivity index (χ1n) is 4.85. The molecule has 2 aromatic rings. The van der Waals surface area contributed by atoms with Gasteiger partial charge in [-0.2, -0.15) is 0 Å². The minimum absolute atomic E-state index is 0.0735. The maximum Gasteiger partial charge on any atom is 0.356 e. The normalized spacial score (nSPS) is 10.4. The molecule has 18 heavy (non-hydrogen) atoms. The van der Waals surface area contributed by atoms with E-state index in [1.165, 1.54) is 6.07 Å². The Morgan fingerprint density at radius 1 is 1.06 bits per heavy atom. The molecule has 0 radical (unpaired) electrons. The molecule has 0 unspecified atom stereocenters. The number of carbonyl (C=O) groups is 1. The number of aromatic nitrogens is 1. The number of carboxylic acids is 1. The molecule has 92 valence electrons. The molecule has 0 amide bonds. The van der Waals surface area contributed by atoms with E-state index in [9.17, 15) is 4.79 Å². The molecule has 0 aliphatic rings. The second kappa shape index (κ2) is 5.14. The first-order chi connectivity index (χ1) is 8.50. The predicted octanol–water partition coefficient (Wildman–Crippen LogP) is 4.41. The van der Waals surface area contributed by atoms with Gasteiger partial charge in [-0.1, -0.05) is 46.9 Å². The van der Waals surface area contributed by atoms with Crippen LogP contribution in [0.2, 0.25) is 15.1 Å². The third-order valence-electron chi connectivity index (χ3n) is 2.28. The number of carboxylic acid groups (broad SMARTS) is 1. The summed E-state index contributed by atoms with van der Waals surface area (Å²) in [5.41, 5.74) is 0.748. The lowest BCUT2D eigenvalue weighted by atomic mass is 10.1. The number of pyridine rings is 1. The van der Waals surface area contributed by atoms with Gasteiger partial charge in [0.15, 0.2) is 5.69 Å². The van der Waals surface area contributed by atoms with Gasteiger partial charge in [0.2, 0.25) is 0 Å². The van der Waals surface area contributed by atoms with Crippen molar-refractivity contribution in [2.75, 3.05) is 0 Å². The van der Waals surface area contributed by atoms with Crippen LogP contribution in [0.5, 0.6) is 0 Å². The average molecular weight is 303 g/mol. The molecule has 1 aromatic heterocycles. The van der Waals surface area contributed by atoms with Gasteiger partial charge in [0.1, 0.15) is 0 Å². The monoisotopic (exact) mass is 301 g/mol. The molecule has 3 nitrogen and oxygen atoms in total. The molecule has 0 spiro atoms. The first kappa shape index (κ1) is 13.1. The van der Waals surface area contributed by atoms with Gasteiger partial charge < -0.3 is 5.11 Å². The highest BCUT2D eigenvalue weighted by Crippen LogP contribution is 2.33. The van der Waals surface area contributed by atoms with E-state index in [0.717, 1.165) is 0 Å². The second-order valence-electron chi connectivity index (χ2n) is 3.43. The van der Waals surface area contributed by atoms with Crippen LogP contribution in [0, 0.1) is 0 Å². The van der Waals surface area contributed by atoms with Gasteiger partial charge in [-0.05, 0) is 18.2 Å². The summed E-state index contributed by atoms with van der Waals surface area (Å²) in [4.78, 5) is 14.9. The molecule has 1 N–H and O–H groups in total. The van der Waals surface area contributed by atoms with Crippen molar-refractivity contribution in [2.24, 2.45) is 0 Å². The van der Waals surface area contributed by atoms with Crippen molar-refractivity contribution in [3.8, 4) is 11.3 Å². The van der Waals surface area contributed by atoms with Gasteiger partial charge in [0.05, 0.1) is 20.8 Å². The minimum Gasteiger partial charge on any atom is -0.476 e. The van der Waals surface area contributed by atoms with Crippen molar-refractivity contribution in [1.29, 1.82) is 0 Å². The van der Waals surface area contributed by atoms with Crippen molar-refractivity contribution in [3.05, 3.63) is 51.1 Å². The molecular formula is C12H6Cl3NO2. The molecule has 0 aliphatic heterocycles. The van der Waals surface area contributed by atoms with Gasteiger partial charge >= 0.3 is 5.97 Å². The minimum atomic E-state index is -1.19. The van der Waals surface area contributed by atoms with Crippen molar-refractivity contribution in [1.82, 2.24) is 4.98 Å². The fraction of sp³-hybridized carbons (Fsp3) is 0. The standard InChI is InChI=1S/C12H6Cl3NO2/c13-7-3-1-2-6(10(7)15)9-5-4-8(14)11(16-9)12(17)18/h1-5H,(H,17,18).